The van der Waals surface area contributed by atoms with Crippen molar-refractivity contribution >= 4 is 29.7 Å². The van der Waals surface area contributed by atoms with E-state index in [1.807, 2.05) is 12.1 Å². The van der Waals surface area contributed by atoms with Gasteiger partial charge in [0.2, 0.25) is 0 Å². The number of anilines is 1. The standard InChI is InChI=1S/C22H32N2O3SSi/c1-4-29(5-2,6-3)18-10-17-23-20-15-13-19(14-16-20)22(25)24-28(26,27)21-11-8-7-9-12-21/h7-9,11-16,23H,4-6,10,17-18H2,1-3H3,(H,24,25). The second kappa shape index (κ2) is 10.6. The molecule has 0 saturated heterocycles. The Hall–Kier alpha value is -2.12. The maximum atomic E-state index is 12.3. The van der Waals surface area contributed by atoms with E-state index in [0.717, 1.165) is 18.7 Å². The summed E-state index contributed by atoms with van der Waals surface area (Å²) in [7, 11) is -4.95. The van der Waals surface area contributed by atoms with Crippen LogP contribution in [0.4, 0.5) is 5.69 Å². The van der Waals surface area contributed by atoms with Crippen LogP contribution >= 0.6 is 0 Å². The van der Waals surface area contributed by atoms with Gasteiger partial charge >= 0.3 is 0 Å². The van der Waals surface area contributed by atoms with E-state index in [1.165, 1.54) is 36.3 Å². The van der Waals surface area contributed by atoms with Crippen molar-refractivity contribution in [3.63, 3.8) is 0 Å². The number of rotatable bonds is 11. The average Bonchev–Trinajstić information content (AvgIpc) is 2.75. The molecule has 0 radical (unpaired) electrons. The Morgan fingerprint density at radius 1 is 0.897 bits per heavy atom. The largest absolute Gasteiger partial charge is 0.385 e. The zero-order chi connectivity index (χ0) is 21.3. The van der Waals surface area contributed by atoms with Crippen molar-refractivity contribution < 1.29 is 13.2 Å². The summed E-state index contributed by atoms with van der Waals surface area (Å²) in [4.78, 5) is 12.4. The van der Waals surface area contributed by atoms with Gasteiger partial charge in [0.25, 0.3) is 15.9 Å². The lowest BCUT2D eigenvalue weighted by molar-refractivity contribution is 0.0981. The molecule has 2 aromatic carbocycles. The molecule has 0 aliphatic rings. The summed E-state index contributed by atoms with van der Waals surface area (Å²) in [5.41, 5.74) is 1.24. The summed E-state index contributed by atoms with van der Waals surface area (Å²) in [5.74, 6) is -0.634. The van der Waals surface area contributed by atoms with Crippen LogP contribution in [0.25, 0.3) is 0 Å². The molecule has 1 amide bonds. The number of hydrogen-bond donors (Lipinski definition) is 2. The lowest BCUT2D eigenvalue weighted by Crippen LogP contribution is -2.31. The van der Waals surface area contributed by atoms with Crippen molar-refractivity contribution in [2.24, 2.45) is 0 Å². The van der Waals surface area contributed by atoms with Gasteiger partial charge in [-0.1, -0.05) is 63.1 Å². The highest BCUT2D eigenvalue weighted by Crippen LogP contribution is 2.26. The number of sulfonamides is 1. The SMILES string of the molecule is CC[Si](CC)(CC)CCCNc1ccc(C(=O)NS(=O)(=O)c2ccccc2)cc1. The Bertz CT molecular complexity index is 872. The van der Waals surface area contributed by atoms with E-state index in [1.54, 1.807) is 30.3 Å². The van der Waals surface area contributed by atoms with Crippen molar-refractivity contribution in [3.8, 4) is 0 Å². The van der Waals surface area contributed by atoms with Gasteiger partial charge in [0, 0.05) is 17.8 Å². The van der Waals surface area contributed by atoms with Gasteiger partial charge in [0.15, 0.2) is 0 Å². The molecule has 0 aliphatic carbocycles. The van der Waals surface area contributed by atoms with Crippen LogP contribution in [-0.2, 0) is 10.0 Å². The topological polar surface area (TPSA) is 75.3 Å². The van der Waals surface area contributed by atoms with E-state index in [2.05, 4.69) is 30.8 Å². The first-order valence-corrected chi connectivity index (χ1v) is 14.6. The second-order valence-corrected chi connectivity index (χ2v) is 14.7. The molecule has 0 atom stereocenters. The summed E-state index contributed by atoms with van der Waals surface area (Å²) in [6.45, 7) is 7.89. The predicted octanol–water partition coefficient (Wildman–Crippen LogP) is 5.12. The van der Waals surface area contributed by atoms with Crippen molar-refractivity contribution in [1.82, 2.24) is 4.72 Å². The molecule has 0 aromatic heterocycles. The van der Waals surface area contributed by atoms with Gasteiger partial charge in [0.1, 0.15) is 0 Å². The average molecular weight is 433 g/mol. The number of carbonyl (C=O) groups is 1. The Labute approximate surface area is 176 Å². The molecule has 0 aliphatic heterocycles. The molecule has 29 heavy (non-hydrogen) atoms. The minimum atomic E-state index is -3.87. The van der Waals surface area contributed by atoms with Gasteiger partial charge < -0.3 is 5.32 Å². The van der Waals surface area contributed by atoms with Gasteiger partial charge in [-0.15, -0.1) is 0 Å². The third kappa shape index (κ3) is 6.44. The van der Waals surface area contributed by atoms with E-state index in [-0.39, 0.29) is 4.90 Å². The predicted molar refractivity (Wildman–Crippen MR) is 123 cm³/mol. The van der Waals surface area contributed by atoms with E-state index in [4.69, 9.17) is 0 Å². The van der Waals surface area contributed by atoms with Crippen LogP contribution in [0.3, 0.4) is 0 Å². The zero-order valence-corrected chi connectivity index (χ0v) is 19.4. The van der Waals surface area contributed by atoms with Crippen LogP contribution < -0.4 is 10.0 Å². The number of benzene rings is 2. The Balaban J connectivity index is 1.89. The molecule has 5 nitrogen and oxygen atoms in total. The molecule has 0 unspecified atom stereocenters. The first kappa shape index (κ1) is 23.2. The van der Waals surface area contributed by atoms with Crippen LogP contribution in [0.1, 0.15) is 37.6 Å². The summed E-state index contributed by atoms with van der Waals surface area (Å²) >= 11 is 0. The van der Waals surface area contributed by atoms with Crippen molar-refractivity contribution in [3.05, 3.63) is 60.2 Å². The van der Waals surface area contributed by atoms with Crippen LogP contribution in [-0.4, -0.2) is 28.9 Å². The zero-order valence-electron chi connectivity index (χ0n) is 17.6. The van der Waals surface area contributed by atoms with E-state index in [9.17, 15) is 13.2 Å². The maximum Gasteiger partial charge on any atom is 0.264 e. The molecule has 158 valence electrons. The number of hydrogen-bond acceptors (Lipinski definition) is 4. The number of carbonyl (C=O) groups excluding carboxylic acids is 1. The highest BCUT2D eigenvalue weighted by molar-refractivity contribution is 7.90. The van der Waals surface area contributed by atoms with Crippen LogP contribution in [0.2, 0.25) is 24.2 Å². The number of amides is 1. The first-order valence-electron chi connectivity index (χ1n) is 10.3. The van der Waals surface area contributed by atoms with Crippen LogP contribution in [0.15, 0.2) is 59.5 Å². The van der Waals surface area contributed by atoms with E-state index < -0.39 is 24.0 Å². The third-order valence-electron chi connectivity index (χ3n) is 5.89. The fraction of sp³-hybridized carbons (Fsp3) is 0.409. The lowest BCUT2D eigenvalue weighted by Gasteiger charge is -2.28. The molecule has 2 N–H and O–H groups in total. The fourth-order valence-corrected chi connectivity index (χ4v) is 8.04. The van der Waals surface area contributed by atoms with Crippen LogP contribution in [0, 0.1) is 0 Å². The van der Waals surface area contributed by atoms with E-state index >= 15 is 0 Å². The summed E-state index contributed by atoms with van der Waals surface area (Å²) < 4.78 is 26.7. The Morgan fingerprint density at radius 2 is 1.48 bits per heavy atom. The minimum absolute atomic E-state index is 0.0671. The summed E-state index contributed by atoms with van der Waals surface area (Å²) in [5, 5.41) is 3.40. The molecular formula is C22H32N2O3SSi. The molecule has 0 bridgehead atoms. The van der Waals surface area contributed by atoms with Crippen LogP contribution in [0.5, 0.6) is 0 Å². The Morgan fingerprint density at radius 3 is 2.03 bits per heavy atom. The van der Waals surface area contributed by atoms with Crippen molar-refractivity contribution in [2.75, 3.05) is 11.9 Å². The van der Waals surface area contributed by atoms with Gasteiger partial charge in [-0.3, -0.25) is 4.79 Å². The smallest absolute Gasteiger partial charge is 0.264 e. The summed E-state index contributed by atoms with van der Waals surface area (Å²) in [6.07, 6.45) is 1.15. The molecule has 0 saturated carbocycles. The lowest BCUT2D eigenvalue weighted by atomic mass is 10.2. The fourth-order valence-electron chi connectivity index (χ4n) is 3.56. The second-order valence-electron chi connectivity index (χ2n) is 7.42. The van der Waals surface area contributed by atoms with Gasteiger partial charge in [-0.25, -0.2) is 13.1 Å². The molecule has 2 rings (SSSR count). The normalized spacial score (nSPS) is 11.8. The number of nitrogens with one attached hydrogen (secondary N) is 2. The third-order valence-corrected chi connectivity index (χ3v) is 13.2. The highest BCUT2D eigenvalue weighted by atomic mass is 32.2. The molecule has 0 heterocycles. The monoisotopic (exact) mass is 432 g/mol. The Kier molecular flexibility index (Phi) is 8.46. The molecular weight excluding hydrogens is 400 g/mol. The van der Waals surface area contributed by atoms with Crippen molar-refractivity contribution in [1.29, 1.82) is 0 Å². The molecule has 0 spiro atoms. The van der Waals surface area contributed by atoms with Gasteiger partial charge in [0.05, 0.1) is 13.0 Å². The molecule has 7 heteroatoms. The minimum Gasteiger partial charge on any atom is -0.385 e. The van der Waals surface area contributed by atoms with E-state index in [0.29, 0.717) is 5.56 Å². The quantitative estimate of drug-likeness (QED) is 0.382. The first-order chi connectivity index (χ1) is 13.9. The van der Waals surface area contributed by atoms with Gasteiger partial charge in [-0.05, 0) is 42.8 Å². The molecule has 0 fully saturated rings. The highest BCUT2D eigenvalue weighted by Gasteiger charge is 2.25. The molecule has 2 aromatic rings. The van der Waals surface area contributed by atoms with Crippen molar-refractivity contribution in [2.45, 2.75) is 56.3 Å². The van der Waals surface area contributed by atoms with Gasteiger partial charge in [-0.2, -0.15) is 0 Å². The summed E-state index contributed by atoms with van der Waals surface area (Å²) in [6, 6.07) is 20.1. The maximum absolute atomic E-state index is 12.3.